The number of nitrogens with zero attached hydrogens (tertiary/aromatic N) is 2. The Morgan fingerprint density at radius 2 is 1.92 bits per heavy atom. The Morgan fingerprint density at radius 1 is 1.12 bits per heavy atom. The van der Waals surface area contributed by atoms with Crippen LogP contribution in [0.3, 0.4) is 0 Å². The molecule has 1 saturated heterocycles. The van der Waals surface area contributed by atoms with Crippen molar-refractivity contribution in [2.45, 2.75) is 18.8 Å². The minimum Gasteiger partial charge on any atom is -0.360 e. The molecule has 0 aliphatic carbocycles. The van der Waals surface area contributed by atoms with Gasteiger partial charge >= 0.3 is 0 Å². The van der Waals surface area contributed by atoms with Gasteiger partial charge in [0, 0.05) is 24.2 Å². The van der Waals surface area contributed by atoms with Gasteiger partial charge in [0.05, 0.1) is 11.0 Å². The molecule has 0 saturated carbocycles. The third-order valence-electron chi connectivity index (χ3n) is 4.51. The van der Waals surface area contributed by atoms with Crippen molar-refractivity contribution in [3.05, 3.63) is 54.0 Å². The van der Waals surface area contributed by atoms with Gasteiger partial charge in [-0.3, -0.25) is 9.78 Å². The van der Waals surface area contributed by atoms with E-state index in [0.29, 0.717) is 17.3 Å². The standard InChI is InChI=1S/C18H19N5O/c24-18(13-5-9-20-10-6-13)23-16-2-1-15-17(22-16)14(11-21-15)12-3-7-19-8-4-12/h1-2,5-6,9-12,19,21H,3-4,7-8H2,(H,22,23,24). The first kappa shape index (κ1) is 14.8. The van der Waals surface area contributed by atoms with Crippen molar-refractivity contribution in [1.82, 2.24) is 20.3 Å². The molecule has 6 nitrogen and oxygen atoms in total. The van der Waals surface area contributed by atoms with Gasteiger partial charge in [0.15, 0.2) is 0 Å². The summed E-state index contributed by atoms with van der Waals surface area (Å²) in [5.74, 6) is 0.904. The van der Waals surface area contributed by atoms with Crippen molar-refractivity contribution in [2.75, 3.05) is 18.4 Å². The first-order valence-electron chi connectivity index (χ1n) is 8.21. The normalized spacial score (nSPS) is 15.5. The number of nitrogens with one attached hydrogen (secondary N) is 3. The van der Waals surface area contributed by atoms with Crippen molar-refractivity contribution in [3.8, 4) is 0 Å². The highest BCUT2D eigenvalue weighted by Crippen LogP contribution is 2.31. The highest BCUT2D eigenvalue weighted by Gasteiger charge is 2.19. The highest BCUT2D eigenvalue weighted by atomic mass is 16.1. The molecule has 0 spiro atoms. The lowest BCUT2D eigenvalue weighted by atomic mass is 9.91. The molecule has 0 aromatic carbocycles. The van der Waals surface area contributed by atoms with Crippen molar-refractivity contribution in [1.29, 1.82) is 0 Å². The quantitative estimate of drug-likeness (QED) is 0.692. The number of aromatic amines is 1. The van der Waals surface area contributed by atoms with Gasteiger partial charge in [0.2, 0.25) is 0 Å². The Hall–Kier alpha value is -2.73. The summed E-state index contributed by atoms with van der Waals surface area (Å²) < 4.78 is 0. The highest BCUT2D eigenvalue weighted by molar-refractivity contribution is 6.04. The van der Waals surface area contributed by atoms with E-state index in [1.54, 1.807) is 24.5 Å². The Morgan fingerprint density at radius 3 is 2.71 bits per heavy atom. The number of pyridine rings is 2. The number of hydrogen-bond donors (Lipinski definition) is 3. The number of aromatic nitrogens is 3. The second-order valence-corrected chi connectivity index (χ2v) is 6.05. The van der Waals surface area contributed by atoms with Crippen molar-refractivity contribution in [2.24, 2.45) is 0 Å². The third kappa shape index (κ3) is 2.88. The predicted octanol–water partition coefficient (Wildman–Crippen LogP) is 2.68. The lowest BCUT2D eigenvalue weighted by Crippen LogP contribution is -2.26. The first-order valence-corrected chi connectivity index (χ1v) is 8.21. The maximum atomic E-state index is 12.3. The molecular weight excluding hydrogens is 302 g/mol. The molecule has 1 amide bonds. The van der Waals surface area contributed by atoms with Crippen LogP contribution in [0.25, 0.3) is 11.0 Å². The minimum atomic E-state index is -0.178. The van der Waals surface area contributed by atoms with E-state index in [4.69, 9.17) is 0 Å². The van der Waals surface area contributed by atoms with Gasteiger partial charge in [-0.05, 0) is 61.7 Å². The molecule has 6 heteroatoms. The second-order valence-electron chi connectivity index (χ2n) is 6.05. The first-order chi connectivity index (χ1) is 11.8. The van der Waals surface area contributed by atoms with Gasteiger partial charge in [0.1, 0.15) is 5.82 Å². The minimum absolute atomic E-state index is 0.178. The van der Waals surface area contributed by atoms with Crippen LogP contribution in [0.5, 0.6) is 0 Å². The molecule has 0 radical (unpaired) electrons. The number of H-pyrrole nitrogens is 1. The van der Waals surface area contributed by atoms with Gasteiger partial charge in [-0.1, -0.05) is 0 Å². The lowest BCUT2D eigenvalue weighted by Gasteiger charge is -2.21. The molecule has 4 heterocycles. The average Bonchev–Trinajstić information content (AvgIpc) is 3.06. The number of fused-ring (bicyclic) bond motifs is 1. The van der Waals surface area contributed by atoms with E-state index in [9.17, 15) is 4.79 Å². The summed E-state index contributed by atoms with van der Waals surface area (Å²) in [6.45, 7) is 2.08. The zero-order chi connectivity index (χ0) is 16.4. The molecule has 0 unspecified atom stereocenters. The van der Waals surface area contributed by atoms with Gasteiger partial charge in [-0.15, -0.1) is 0 Å². The second kappa shape index (κ2) is 6.41. The predicted molar refractivity (Wildman–Crippen MR) is 93.1 cm³/mol. The Kier molecular flexibility index (Phi) is 3.96. The van der Waals surface area contributed by atoms with E-state index in [1.807, 2.05) is 12.1 Å². The largest absolute Gasteiger partial charge is 0.360 e. The monoisotopic (exact) mass is 321 g/mol. The number of hydrogen-bond acceptors (Lipinski definition) is 4. The molecule has 3 aromatic heterocycles. The average molecular weight is 321 g/mol. The molecule has 1 aliphatic heterocycles. The van der Waals surface area contributed by atoms with Gasteiger partial charge < -0.3 is 15.6 Å². The summed E-state index contributed by atoms with van der Waals surface area (Å²) in [6, 6.07) is 7.16. The van der Waals surface area contributed by atoms with Crippen LogP contribution in [0.1, 0.15) is 34.7 Å². The summed E-state index contributed by atoms with van der Waals surface area (Å²) in [5.41, 5.74) is 3.77. The van der Waals surface area contributed by atoms with Crippen LogP contribution in [0.15, 0.2) is 42.9 Å². The maximum Gasteiger partial charge on any atom is 0.256 e. The van der Waals surface area contributed by atoms with Crippen molar-refractivity contribution >= 4 is 22.8 Å². The van der Waals surface area contributed by atoms with E-state index < -0.39 is 0 Å². The molecule has 1 aliphatic rings. The fourth-order valence-corrected chi connectivity index (χ4v) is 3.23. The Balaban J connectivity index is 1.61. The molecule has 3 aromatic rings. The number of piperidine rings is 1. The zero-order valence-electron chi connectivity index (χ0n) is 13.2. The fraction of sp³-hybridized carbons (Fsp3) is 0.278. The number of amides is 1. The van der Waals surface area contributed by atoms with E-state index in [-0.39, 0.29) is 5.91 Å². The maximum absolute atomic E-state index is 12.3. The number of rotatable bonds is 3. The molecular formula is C18H19N5O. The van der Waals surface area contributed by atoms with Crippen molar-refractivity contribution in [3.63, 3.8) is 0 Å². The summed E-state index contributed by atoms with van der Waals surface area (Å²) in [4.78, 5) is 24.2. The van der Waals surface area contributed by atoms with Crippen LogP contribution in [0.2, 0.25) is 0 Å². The smallest absolute Gasteiger partial charge is 0.256 e. The van der Waals surface area contributed by atoms with Crippen LogP contribution in [0, 0.1) is 0 Å². The van der Waals surface area contributed by atoms with Crippen LogP contribution < -0.4 is 10.6 Å². The number of carbonyl (C=O) groups is 1. The molecule has 0 atom stereocenters. The van der Waals surface area contributed by atoms with E-state index >= 15 is 0 Å². The van der Waals surface area contributed by atoms with Gasteiger partial charge in [0.25, 0.3) is 5.91 Å². The number of carbonyl (C=O) groups excluding carboxylic acids is 1. The van der Waals surface area contributed by atoms with Crippen LogP contribution >= 0.6 is 0 Å². The van der Waals surface area contributed by atoms with E-state index in [1.165, 1.54) is 5.56 Å². The third-order valence-corrected chi connectivity index (χ3v) is 4.51. The zero-order valence-corrected chi connectivity index (χ0v) is 13.2. The van der Waals surface area contributed by atoms with Crippen LogP contribution in [-0.4, -0.2) is 33.9 Å². The molecule has 3 N–H and O–H groups in total. The summed E-state index contributed by atoms with van der Waals surface area (Å²) in [6.07, 6.45) is 7.49. The Labute approximate surface area is 139 Å². The topological polar surface area (TPSA) is 82.7 Å². The van der Waals surface area contributed by atoms with Gasteiger partial charge in [-0.2, -0.15) is 0 Å². The van der Waals surface area contributed by atoms with Gasteiger partial charge in [-0.25, -0.2) is 4.98 Å². The molecule has 1 fully saturated rings. The summed E-state index contributed by atoms with van der Waals surface area (Å²) >= 11 is 0. The van der Waals surface area contributed by atoms with E-state index in [2.05, 4.69) is 31.8 Å². The SMILES string of the molecule is O=C(Nc1ccc2[nH]cc(C3CCNCC3)c2n1)c1ccncc1. The molecule has 4 rings (SSSR count). The van der Waals surface area contributed by atoms with E-state index in [0.717, 1.165) is 37.0 Å². The molecule has 122 valence electrons. The molecule has 24 heavy (non-hydrogen) atoms. The fourth-order valence-electron chi connectivity index (χ4n) is 3.23. The van der Waals surface area contributed by atoms with Crippen LogP contribution in [-0.2, 0) is 0 Å². The van der Waals surface area contributed by atoms with Crippen LogP contribution in [0.4, 0.5) is 5.82 Å². The Bertz CT molecular complexity index is 852. The summed E-state index contributed by atoms with van der Waals surface area (Å²) in [7, 11) is 0. The van der Waals surface area contributed by atoms with Crippen molar-refractivity contribution < 1.29 is 4.79 Å². The molecule has 0 bridgehead atoms. The number of anilines is 1. The lowest BCUT2D eigenvalue weighted by molar-refractivity contribution is 0.102. The summed E-state index contributed by atoms with van der Waals surface area (Å²) in [5, 5.41) is 6.25.